The molecule has 0 radical (unpaired) electrons. The Hall–Kier alpha value is -0.780. The second-order valence-corrected chi connectivity index (χ2v) is 7.10. The van der Waals surface area contributed by atoms with Gasteiger partial charge in [-0.25, -0.2) is 0 Å². The van der Waals surface area contributed by atoms with E-state index < -0.39 is 0 Å². The van der Waals surface area contributed by atoms with E-state index in [1.54, 1.807) is 0 Å². The SMILES string of the molecule is C=C(C)CCCC1CCC(CC)C(C(=C)C)C1C(=C)C. The van der Waals surface area contributed by atoms with E-state index in [0.717, 1.165) is 11.8 Å². The Morgan fingerprint density at radius 2 is 1.40 bits per heavy atom. The maximum absolute atomic E-state index is 4.31. The molecule has 20 heavy (non-hydrogen) atoms. The molecule has 0 nitrogen and oxygen atoms in total. The molecule has 0 saturated heterocycles. The van der Waals surface area contributed by atoms with Crippen LogP contribution in [-0.4, -0.2) is 0 Å². The molecule has 4 atom stereocenters. The summed E-state index contributed by atoms with van der Waals surface area (Å²) in [6.07, 6.45) is 7.80. The molecular weight excluding hydrogens is 240 g/mol. The maximum atomic E-state index is 4.31. The number of allylic oxidation sites excluding steroid dienone is 3. The molecule has 0 spiro atoms. The quantitative estimate of drug-likeness (QED) is 0.461. The van der Waals surface area contributed by atoms with Crippen LogP contribution < -0.4 is 0 Å². The van der Waals surface area contributed by atoms with Gasteiger partial charge in [-0.05, 0) is 76.5 Å². The largest absolute Gasteiger partial charge is 0.100 e. The fourth-order valence-electron chi connectivity index (χ4n) is 4.24. The van der Waals surface area contributed by atoms with E-state index in [4.69, 9.17) is 0 Å². The summed E-state index contributed by atoms with van der Waals surface area (Å²) in [5.41, 5.74) is 4.06. The van der Waals surface area contributed by atoms with Crippen molar-refractivity contribution in [3.05, 3.63) is 36.5 Å². The van der Waals surface area contributed by atoms with Crippen LogP contribution in [0.15, 0.2) is 36.5 Å². The van der Waals surface area contributed by atoms with Crippen molar-refractivity contribution in [2.24, 2.45) is 23.7 Å². The van der Waals surface area contributed by atoms with Gasteiger partial charge in [0.1, 0.15) is 0 Å². The highest BCUT2D eigenvalue weighted by molar-refractivity contribution is 5.14. The van der Waals surface area contributed by atoms with Gasteiger partial charge in [0.15, 0.2) is 0 Å². The smallest absolute Gasteiger partial charge is 0.0112 e. The van der Waals surface area contributed by atoms with Crippen molar-refractivity contribution in [3.63, 3.8) is 0 Å². The molecule has 1 aliphatic carbocycles. The van der Waals surface area contributed by atoms with Gasteiger partial charge in [-0.2, -0.15) is 0 Å². The van der Waals surface area contributed by atoms with Crippen molar-refractivity contribution in [1.29, 1.82) is 0 Å². The minimum Gasteiger partial charge on any atom is -0.100 e. The van der Waals surface area contributed by atoms with Crippen molar-refractivity contribution in [3.8, 4) is 0 Å². The third-order valence-corrected chi connectivity index (χ3v) is 5.15. The van der Waals surface area contributed by atoms with Gasteiger partial charge in [-0.3, -0.25) is 0 Å². The number of rotatable bonds is 7. The molecule has 114 valence electrons. The second kappa shape index (κ2) is 7.86. The predicted molar refractivity (Wildman–Crippen MR) is 91.8 cm³/mol. The average Bonchev–Trinajstić information content (AvgIpc) is 2.36. The van der Waals surface area contributed by atoms with Crippen LogP contribution in [0.1, 0.15) is 66.2 Å². The summed E-state index contributed by atoms with van der Waals surface area (Å²) in [5, 5.41) is 0. The molecule has 0 bridgehead atoms. The summed E-state index contributed by atoms with van der Waals surface area (Å²) < 4.78 is 0. The first-order valence-electron chi connectivity index (χ1n) is 8.33. The Labute approximate surface area is 127 Å². The molecule has 0 heterocycles. The highest BCUT2D eigenvalue weighted by atomic mass is 14.4. The highest BCUT2D eigenvalue weighted by Gasteiger charge is 2.38. The molecule has 0 aliphatic heterocycles. The van der Waals surface area contributed by atoms with E-state index >= 15 is 0 Å². The van der Waals surface area contributed by atoms with Crippen molar-refractivity contribution in [1.82, 2.24) is 0 Å². The van der Waals surface area contributed by atoms with Crippen LogP contribution in [0.4, 0.5) is 0 Å². The van der Waals surface area contributed by atoms with Crippen molar-refractivity contribution in [2.45, 2.75) is 66.2 Å². The predicted octanol–water partition coefficient (Wildman–Crippen LogP) is 6.55. The lowest BCUT2D eigenvalue weighted by atomic mass is 9.60. The lowest BCUT2D eigenvalue weighted by Crippen LogP contribution is -2.35. The summed E-state index contributed by atoms with van der Waals surface area (Å²) in [6, 6.07) is 0. The average molecular weight is 274 g/mol. The van der Waals surface area contributed by atoms with Gasteiger partial charge in [0.25, 0.3) is 0 Å². The molecule has 1 fully saturated rings. The first-order valence-corrected chi connectivity index (χ1v) is 8.33. The Bertz CT molecular complexity index is 360. The standard InChI is InChI=1S/C20H34/c1-8-17-12-13-18(11-9-10-14(2)3)20(16(6)7)19(17)15(4)5/h17-20H,2,4,6,8-13H2,1,3,5,7H3. The van der Waals surface area contributed by atoms with Crippen LogP contribution in [0.3, 0.4) is 0 Å². The zero-order valence-corrected chi connectivity index (χ0v) is 14.2. The van der Waals surface area contributed by atoms with Gasteiger partial charge in [-0.1, -0.05) is 43.2 Å². The zero-order chi connectivity index (χ0) is 15.3. The van der Waals surface area contributed by atoms with E-state index in [1.807, 2.05) is 0 Å². The van der Waals surface area contributed by atoms with Crippen molar-refractivity contribution >= 4 is 0 Å². The Balaban J connectivity index is 2.81. The van der Waals surface area contributed by atoms with E-state index in [9.17, 15) is 0 Å². The summed E-state index contributed by atoms with van der Waals surface area (Å²) in [6.45, 7) is 21.6. The molecule has 0 heteroatoms. The molecule has 0 aromatic carbocycles. The van der Waals surface area contributed by atoms with Crippen LogP contribution in [-0.2, 0) is 0 Å². The second-order valence-electron chi connectivity index (χ2n) is 7.10. The number of hydrogen-bond donors (Lipinski definition) is 0. The van der Waals surface area contributed by atoms with Gasteiger partial charge >= 0.3 is 0 Å². The lowest BCUT2D eigenvalue weighted by molar-refractivity contribution is 0.129. The number of hydrogen-bond acceptors (Lipinski definition) is 0. The van der Waals surface area contributed by atoms with Gasteiger partial charge in [-0.15, -0.1) is 6.58 Å². The summed E-state index contributed by atoms with van der Waals surface area (Å²) in [5.74, 6) is 2.92. The summed E-state index contributed by atoms with van der Waals surface area (Å²) >= 11 is 0. The molecule has 1 rings (SSSR count). The third kappa shape index (κ3) is 4.36. The summed E-state index contributed by atoms with van der Waals surface area (Å²) in [4.78, 5) is 0. The van der Waals surface area contributed by atoms with Crippen LogP contribution >= 0.6 is 0 Å². The summed E-state index contributed by atoms with van der Waals surface area (Å²) in [7, 11) is 0. The van der Waals surface area contributed by atoms with Crippen LogP contribution in [0, 0.1) is 23.7 Å². The van der Waals surface area contributed by atoms with Crippen molar-refractivity contribution < 1.29 is 0 Å². The molecule has 4 unspecified atom stereocenters. The monoisotopic (exact) mass is 274 g/mol. The Kier molecular flexibility index (Phi) is 6.79. The molecular formula is C20H34. The fraction of sp³-hybridized carbons (Fsp3) is 0.700. The van der Waals surface area contributed by atoms with E-state index in [0.29, 0.717) is 11.8 Å². The third-order valence-electron chi connectivity index (χ3n) is 5.15. The van der Waals surface area contributed by atoms with Crippen molar-refractivity contribution in [2.75, 3.05) is 0 Å². The van der Waals surface area contributed by atoms with Crippen LogP contribution in [0.25, 0.3) is 0 Å². The molecule has 0 amide bonds. The Morgan fingerprint density at radius 3 is 1.85 bits per heavy atom. The van der Waals surface area contributed by atoms with E-state index in [-0.39, 0.29) is 0 Å². The molecule has 0 aromatic rings. The van der Waals surface area contributed by atoms with Crippen LogP contribution in [0.2, 0.25) is 0 Å². The molecule has 0 aromatic heterocycles. The van der Waals surface area contributed by atoms with Gasteiger partial charge in [0, 0.05) is 0 Å². The lowest BCUT2D eigenvalue weighted by Gasteiger charge is -2.44. The fourth-order valence-corrected chi connectivity index (χ4v) is 4.24. The molecule has 0 N–H and O–H groups in total. The molecule has 1 aliphatic rings. The molecule has 1 saturated carbocycles. The Morgan fingerprint density at radius 1 is 0.900 bits per heavy atom. The maximum Gasteiger partial charge on any atom is -0.0112 e. The normalized spacial score (nSPS) is 30.0. The minimum atomic E-state index is 0.649. The first kappa shape index (κ1) is 17.3. The highest BCUT2D eigenvalue weighted by Crippen LogP contribution is 2.48. The minimum absolute atomic E-state index is 0.649. The van der Waals surface area contributed by atoms with E-state index in [1.165, 1.54) is 55.2 Å². The van der Waals surface area contributed by atoms with Crippen LogP contribution in [0.5, 0.6) is 0 Å². The van der Waals surface area contributed by atoms with Gasteiger partial charge in [0.05, 0.1) is 0 Å². The van der Waals surface area contributed by atoms with Gasteiger partial charge in [0.2, 0.25) is 0 Å². The van der Waals surface area contributed by atoms with E-state index in [2.05, 4.69) is 47.4 Å². The first-order chi connectivity index (χ1) is 9.38. The van der Waals surface area contributed by atoms with Gasteiger partial charge < -0.3 is 0 Å². The zero-order valence-electron chi connectivity index (χ0n) is 14.2. The topological polar surface area (TPSA) is 0 Å².